The van der Waals surface area contributed by atoms with E-state index in [9.17, 15) is 0 Å². The van der Waals surface area contributed by atoms with Gasteiger partial charge >= 0.3 is 14.2 Å². The van der Waals surface area contributed by atoms with Gasteiger partial charge in [0, 0.05) is 10.9 Å². The Labute approximate surface area is 269 Å². The summed E-state index contributed by atoms with van der Waals surface area (Å²) in [5.74, 6) is 1.17. The van der Waals surface area contributed by atoms with E-state index in [1.807, 2.05) is 0 Å². The van der Waals surface area contributed by atoms with Crippen molar-refractivity contribution in [3.63, 3.8) is 0 Å². The first-order valence-corrected chi connectivity index (χ1v) is 17.6. The molecule has 0 radical (unpaired) electrons. The Hall–Kier alpha value is -1.47. The van der Waals surface area contributed by atoms with Crippen LogP contribution in [0.5, 0.6) is 0 Å². The van der Waals surface area contributed by atoms with Gasteiger partial charge in [-0.2, -0.15) is 0 Å². The van der Waals surface area contributed by atoms with Gasteiger partial charge in [-0.05, 0) is 80.1 Å². The third-order valence-corrected chi connectivity index (χ3v) is 11.1. The van der Waals surface area contributed by atoms with Crippen LogP contribution in [0.25, 0.3) is 11.0 Å². The molecular formula is C36H60B2N2O4. The van der Waals surface area contributed by atoms with E-state index in [1.165, 1.54) is 38.5 Å². The van der Waals surface area contributed by atoms with E-state index < -0.39 is 36.6 Å². The predicted molar refractivity (Wildman–Crippen MR) is 185 cm³/mol. The molecule has 6 nitrogen and oxygen atoms in total. The van der Waals surface area contributed by atoms with Gasteiger partial charge in [-0.3, -0.25) is 0 Å². The molecule has 0 bridgehead atoms. The highest BCUT2D eigenvalue weighted by atomic mass is 16.7. The van der Waals surface area contributed by atoms with Crippen LogP contribution < -0.4 is 10.9 Å². The zero-order chi connectivity index (χ0) is 32.5. The molecular weight excluding hydrogens is 546 g/mol. The number of rotatable bonds is 14. The molecule has 0 aliphatic carbocycles. The van der Waals surface area contributed by atoms with Gasteiger partial charge in [0.05, 0.1) is 44.8 Å². The van der Waals surface area contributed by atoms with E-state index in [2.05, 4.69) is 95.2 Å². The highest BCUT2D eigenvalue weighted by molar-refractivity contribution is 6.68. The Morgan fingerprint density at radius 2 is 0.886 bits per heavy atom. The molecule has 0 spiro atoms. The quantitative estimate of drug-likeness (QED) is 0.205. The number of aromatic nitrogens is 2. The summed E-state index contributed by atoms with van der Waals surface area (Å²) in [5, 5.41) is 0. The smallest absolute Gasteiger partial charge is 0.399 e. The first kappa shape index (κ1) is 35.4. The highest BCUT2D eigenvalue weighted by Gasteiger charge is 2.54. The number of fused-ring (bicyclic) bond motifs is 1. The standard InChI is InChI=1S/C36H60B2N2O4/c1-13-17-19-25(15-3)23-29-30(24-26(16-4)20-18-14-2)40-32-28(38-43-35(9,10)36(11,12)44-38)22-21-27(31(32)39-29)37-41-33(5,6)34(7,8)42-37/h21-22,25-26H,13-20,23-24H2,1-12H3. The number of nitrogens with zero attached hydrogens (tertiary/aromatic N) is 2. The van der Waals surface area contributed by atoms with E-state index in [4.69, 9.17) is 28.6 Å². The number of hydrogen-bond donors (Lipinski definition) is 0. The maximum atomic E-state index is 6.59. The monoisotopic (exact) mass is 606 g/mol. The van der Waals surface area contributed by atoms with Crippen LogP contribution in [0, 0.1) is 11.8 Å². The highest BCUT2D eigenvalue weighted by Crippen LogP contribution is 2.39. The molecule has 1 aromatic heterocycles. The second-order valence-electron chi connectivity index (χ2n) is 15.5. The molecule has 2 atom stereocenters. The molecule has 3 heterocycles. The van der Waals surface area contributed by atoms with E-state index in [-0.39, 0.29) is 0 Å². The van der Waals surface area contributed by atoms with Crippen molar-refractivity contribution in [3.05, 3.63) is 23.5 Å². The lowest BCUT2D eigenvalue weighted by Gasteiger charge is -2.32. The lowest BCUT2D eigenvalue weighted by molar-refractivity contribution is 0.00578. The molecule has 2 saturated heterocycles. The van der Waals surface area contributed by atoms with Crippen molar-refractivity contribution >= 4 is 36.2 Å². The Bertz CT molecular complexity index is 1150. The van der Waals surface area contributed by atoms with Crippen molar-refractivity contribution in [2.24, 2.45) is 11.8 Å². The lowest BCUT2D eigenvalue weighted by Crippen LogP contribution is -2.41. The van der Waals surface area contributed by atoms with E-state index in [0.29, 0.717) is 11.8 Å². The van der Waals surface area contributed by atoms with Crippen molar-refractivity contribution in [2.75, 3.05) is 0 Å². The summed E-state index contributed by atoms with van der Waals surface area (Å²) in [5.41, 5.74) is 4.02. The van der Waals surface area contributed by atoms with Crippen molar-refractivity contribution < 1.29 is 18.6 Å². The van der Waals surface area contributed by atoms with Crippen molar-refractivity contribution in [1.82, 2.24) is 9.97 Å². The molecule has 244 valence electrons. The minimum absolute atomic E-state index is 0.453. The molecule has 2 fully saturated rings. The summed E-state index contributed by atoms with van der Waals surface area (Å²) in [7, 11) is -1.06. The van der Waals surface area contributed by atoms with Gasteiger partial charge in [-0.15, -0.1) is 0 Å². The summed E-state index contributed by atoms with van der Waals surface area (Å²) in [6.07, 6.45) is 11.5. The Morgan fingerprint density at radius 1 is 0.568 bits per heavy atom. The van der Waals surface area contributed by atoms with Crippen molar-refractivity contribution in [2.45, 2.75) is 170 Å². The average Bonchev–Trinajstić information content (AvgIpc) is 3.31. The third kappa shape index (κ3) is 7.24. The summed E-state index contributed by atoms with van der Waals surface area (Å²) < 4.78 is 26.4. The van der Waals surface area contributed by atoms with Crippen LogP contribution >= 0.6 is 0 Å². The Morgan fingerprint density at radius 3 is 1.16 bits per heavy atom. The van der Waals surface area contributed by atoms with E-state index in [1.54, 1.807) is 0 Å². The first-order valence-electron chi connectivity index (χ1n) is 17.6. The summed E-state index contributed by atoms with van der Waals surface area (Å²) in [4.78, 5) is 11.1. The summed E-state index contributed by atoms with van der Waals surface area (Å²) in [6.45, 7) is 26.0. The van der Waals surface area contributed by atoms with Gasteiger partial charge in [0.2, 0.25) is 0 Å². The second kappa shape index (κ2) is 13.7. The van der Waals surface area contributed by atoms with E-state index in [0.717, 1.165) is 59.0 Å². The van der Waals surface area contributed by atoms with Gasteiger partial charge in [-0.1, -0.05) is 91.2 Å². The second-order valence-corrected chi connectivity index (χ2v) is 15.5. The maximum Gasteiger partial charge on any atom is 0.497 e. The summed E-state index contributed by atoms with van der Waals surface area (Å²) >= 11 is 0. The fraction of sp³-hybridized carbons (Fsp3) is 0.778. The van der Waals surface area contributed by atoms with Crippen molar-refractivity contribution in [1.29, 1.82) is 0 Å². The molecule has 2 aliphatic heterocycles. The third-order valence-electron chi connectivity index (χ3n) is 11.1. The lowest BCUT2D eigenvalue weighted by atomic mass is 9.72. The molecule has 1 aromatic carbocycles. The van der Waals surface area contributed by atoms with Crippen LogP contribution in [0.2, 0.25) is 0 Å². The SMILES string of the molecule is CCCCC(CC)Cc1nc2c(B3OC(C)(C)C(C)(C)O3)ccc(B3OC(C)(C)C(C)(C)O3)c2nc1CC(CC)CCCC. The maximum absolute atomic E-state index is 6.59. The Balaban J connectivity index is 1.91. The topological polar surface area (TPSA) is 62.7 Å². The molecule has 2 aliphatic rings. The Kier molecular flexibility index (Phi) is 11.0. The molecule has 2 unspecified atom stereocenters. The van der Waals surface area contributed by atoms with E-state index >= 15 is 0 Å². The fourth-order valence-corrected chi connectivity index (χ4v) is 6.33. The van der Waals surface area contributed by atoms with Gasteiger partial charge in [-0.25, -0.2) is 9.97 Å². The van der Waals surface area contributed by atoms with Crippen LogP contribution in [-0.2, 0) is 31.5 Å². The molecule has 8 heteroatoms. The van der Waals surface area contributed by atoms with Crippen LogP contribution in [0.15, 0.2) is 12.1 Å². The van der Waals surface area contributed by atoms with Gasteiger partial charge < -0.3 is 18.6 Å². The van der Waals surface area contributed by atoms with Crippen LogP contribution in [-0.4, -0.2) is 46.6 Å². The van der Waals surface area contributed by atoms with Crippen LogP contribution in [0.3, 0.4) is 0 Å². The average molecular weight is 607 g/mol. The molecule has 0 amide bonds. The molecule has 0 saturated carbocycles. The molecule has 4 rings (SSSR count). The minimum Gasteiger partial charge on any atom is -0.399 e. The minimum atomic E-state index is -0.530. The zero-order valence-electron chi connectivity index (χ0n) is 30.1. The number of unbranched alkanes of at least 4 members (excludes halogenated alkanes) is 2. The van der Waals surface area contributed by atoms with Crippen molar-refractivity contribution in [3.8, 4) is 0 Å². The number of benzene rings is 1. The van der Waals surface area contributed by atoms with Crippen LogP contribution in [0.1, 0.15) is 146 Å². The fourth-order valence-electron chi connectivity index (χ4n) is 6.33. The molecule has 0 N–H and O–H groups in total. The number of hydrogen-bond acceptors (Lipinski definition) is 6. The largest absolute Gasteiger partial charge is 0.497 e. The zero-order valence-corrected chi connectivity index (χ0v) is 30.1. The molecule has 2 aromatic rings. The molecule has 44 heavy (non-hydrogen) atoms. The normalized spacial score (nSPS) is 21.7. The van der Waals surface area contributed by atoms with Gasteiger partial charge in [0.15, 0.2) is 0 Å². The first-order chi connectivity index (χ1) is 20.6. The van der Waals surface area contributed by atoms with Crippen LogP contribution in [0.4, 0.5) is 0 Å². The predicted octanol–water partition coefficient (Wildman–Crippen LogP) is 7.75. The van der Waals surface area contributed by atoms with Gasteiger partial charge in [0.1, 0.15) is 0 Å². The van der Waals surface area contributed by atoms with Gasteiger partial charge in [0.25, 0.3) is 0 Å². The summed E-state index contributed by atoms with van der Waals surface area (Å²) in [6, 6.07) is 4.21.